The smallest absolute Gasteiger partial charge is 0.226 e. The van der Waals surface area contributed by atoms with E-state index < -0.39 is 0 Å². The predicted octanol–water partition coefficient (Wildman–Crippen LogP) is 1.80. The van der Waals surface area contributed by atoms with E-state index >= 15 is 0 Å². The van der Waals surface area contributed by atoms with Gasteiger partial charge in [0.25, 0.3) is 0 Å². The van der Waals surface area contributed by atoms with E-state index in [0.717, 1.165) is 25.8 Å². The van der Waals surface area contributed by atoms with Crippen LogP contribution in [-0.2, 0) is 4.79 Å². The zero-order valence-corrected chi connectivity index (χ0v) is 12.3. The number of nitrogen functional groups attached to an aromatic ring is 1. The van der Waals surface area contributed by atoms with Crippen LogP contribution >= 0.6 is 0 Å². The minimum Gasteiger partial charge on any atom is -0.491 e. The molecule has 116 valence electrons. The van der Waals surface area contributed by atoms with E-state index in [1.54, 1.807) is 12.1 Å². The number of carbonyl (C=O) groups is 1. The van der Waals surface area contributed by atoms with Crippen LogP contribution in [0.5, 0.6) is 5.75 Å². The maximum atomic E-state index is 12.3. The molecule has 5 heteroatoms. The van der Waals surface area contributed by atoms with E-state index in [9.17, 15) is 4.79 Å². The molecule has 0 radical (unpaired) electrons. The molecule has 0 spiro atoms. The van der Waals surface area contributed by atoms with E-state index in [0.29, 0.717) is 30.9 Å². The summed E-state index contributed by atoms with van der Waals surface area (Å²) < 4.78 is 5.57. The largest absolute Gasteiger partial charge is 0.491 e. The number of hydrogen-bond acceptors (Lipinski definition) is 4. The third-order valence-corrected chi connectivity index (χ3v) is 3.90. The van der Waals surface area contributed by atoms with Crippen LogP contribution in [0.3, 0.4) is 0 Å². The average molecular weight is 292 g/mol. The van der Waals surface area contributed by atoms with E-state index in [-0.39, 0.29) is 18.6 Å². The van der Waals surface area contributed by atoms with Gasteiger partial charge in [0.1, 0.15) is 5.75 Å². The van der Waals surface area contributed by atoms with Gasteiger partial charge in [0.15, 0.2) is 0 Å². The number of rotatable bonds is 6. The number of aliphatic hydroxyl groups is 1. The van der Waals surface area contributed by atoms with Crippen LogP contribution in [-0.4, -0.2) is 41.7 Å². The highest BCUT2D eigenvalue weighted by molar-refractivity contribution is 5.76. The molecule has 0 bridgehead atoms. The molecule has 1 saturated heterocycles. The Balaban J connectivity index is 1.82. The highest BCUT2D eigenvalue weighted by atomic mass is 16.5. The number of hydrogen-bond donors (Lipinski definition) is 2. The fourth-order valence-corrected chi connectivity index (χ4v) is 2.78. The molecule has 1 amide bonds. The number of para-hydroxylation sites is 2. The number of piperidine rings is 1. The Morgan fingerprint density at radius 1 is 1.38 bits per heavy atom. The topological polar surface area (TPSA) is 75.8 Å². The summed E-state index contributed by atoms with van der Waals surface area (Å²) in [5.74, 6) is 0.721. The molecule has 1 aliphatic heterocycles. The predicted molar refractivity (Wildman–Crippen MR) is 82.0 cm³/mol. The summed E-state index contributed by atoms with van der Waals surface area (Å²) in [4.78, 5) is 14.2. The maximum absolute atomic E-state index is 12.3. The van der Waals surface area contributed by atoms with Crippen LogP contribution in [0.2, 0.25) is 0 Å². The number of nitrogens with zero attached hydrogens (tertiary/aromatic N) is 1. The van der Waals surface area contributed by atoms with Crippen LogP contribution in [0, 0.1) is 0 Å². The summed E-state index contributed by atoms with van der Waals surface area (Å²) in [6.45, 7) is 1.25. The van der Waals surface area contributed by atoms with Crippen LogP contribution < -0.4 is 10.5 Å². The molecular formula is C16H24N2O3. The molecule has 5 nitrogen and oxygen atoms in total. The summed E-state index contributed by atoms with van der Waals surface area (Å²) in [7, 11) is 0. The van der Waals surface area contributed by atoms with Crippen molar-refractivity contribution in [1.29, 1.82) is 0 Å². The second kappa shape index (κ2) is 7.88. The van der Waals surface area contributed by atoms with Gasteiger partial charge < -0.3 is 20.5 Å². The summed E-state index contributed by atoms with van der Waals surface area (Å²) in [5.41, 5.74) is 6.38. The standard InChI is InChI=1S/C16H24N2O3/c17-14-6-1-2-7-15(14)21-12-9-16(20)18-10-4-3-5-13(18)8-11-19/h1-2,6-7,13,19H,3-5,8-12,17H2. The summed E-state index contributed by atoms with van der Waals surface area (Å²) in [6, 6.07) is 7.46. The monoisotopic (exact) mass is 292 g/mol. The molecule has 1 aromatic rings. The lowest BCUT2D eigenvalue weighted by atomic mass is 9.99. The van der Waals surface area contributed by atoms with E-state index in [1.165, 1.54) is 0 Å². The molecule has 1 aromatic carbocycles. The first kappa shape index (κ1) is 15.6. The van der Waals surface area contributed by atoms with Crippen molar-refractivity contribution in [3.8, 4) is 5.75 Å². The number of ether oxygens (including phenoxy) is 1. The van der Waals surface area contributed by atoms with Gasteiger partial charge in [-0.3, -0.25) is 4.79 Å². The average Bonchev–Trinajstić information content (AvgIpc) is 2.50. The SMILES string of the molecule is Nc1ccccc1OCCC(=O)N1CCCCC1CCO. The first-order valence-corrected chi connectivity index (χ1v) is 7.60. The van der Waals surface area contributed by atoms with Gasteiger partial charge in [-0.15, -0.1) is 0 Å². The van der Waals surface area contributed by atoms with E-state index in [2.05, 4.69) is 0 Å². The van der Waals surface area contributed by atoms with Crippen molar-refractivity contribution >= 4 is 11.6 Å². The van der Waals surface area contributed by atoms with Gasteiger partial charge >= 0.3 is 0 Å². The van der Waals surface area contributed by atoms with Gasteiger partial charge in [0, 0.05) is 19.2 Å². The lowest BCUT2D eigenvalue weighted by molar-refractivity contribution is -0.135. The lowest BCUT2D eigenvalue weighted by Gasteiger charge is -2.35. The molecule has 1 fully saturated rings. The number of aliphatic hydroxyl groups excluding tert-OH is 1. The van der Waals surface area contributed by atoms with Crippen LogP contribution in [0.4, 0.5) is 5.69 Å². The summed E-state index contributed by atoms with van der Waals surface area (Å²) in [6.07, 6.45) is 4.17. The van der Waals surface area contributed by atoms with Gasteiger partial charge in [-0.1, -0.05) is 12.1 Å². The number of anilines is 1. The van der Waals surface area contributed by atoms with Gasteiger partial charge in [-0.05, 0) is 37.8 Å². The number of likely N-dealkylation sites (tertiary alicyclic amines) is 1. The number of carbonyl (C=O) groups excluding carboxylic acids is 1. The number of benzene rings is 1. The zero-order valence-electron chi connectivity index (χ0n) is 12.3. The van der Waals surface area contributed by atoms with E-state index in [4.69, 9.17) is 15.6 Å². The highest BCUT2D eigenvalue weighted by Crippen LogP contribution is 2.22. The van der Waals surface area contributed by atoms with Gasteiger partial charge in [0.2, 0.25) is 5.91 Å². The van der Waals surface area contributed by atoms with Crippen molar-refractivity contribution in [2.45, 2.75) is 38.1 Å². The minimum atomic E-state index is 0.0997. The fourth-order valence-electron chi connectivity index (χ4n) is 2.78. The minimum absolute atomic E-state index is 0.0997. The molecule has 1 aliphatic rings. The molecule has 1 unspecified atom stereocenters. The Kier molecular flexibility index (Phi) is 5.87. The number of nitrogens with two attached hydrogens (primary N) is 1. The van der Waals surface area contributed by atoms with Crippen LogP contribution in [0.15, 0.2) is 24.3 Å². The third-order valence-electron chi connectivity index (χ3n) is 3.90. The Morgan fingerprint density at radius 3 is 2.95 bits per heavy atom. The Labute approximate surface area is 125 Å². The second-order valence-electron chi connectivity index (χ2n) is 5.39. The molecule has 0 aromatic heterocycles. The Hall–Kier alpha value is -1.75. The van der Waals surface area contributed by atoms with Crippen molar-refractivity contribution in [3.05, 3.63) is 24.3 Å². The maximum Gasteiger partial charge on any atom is 0.226 e. The van der Waals surface area contributed by atoms with E-state index in [1.807, 2.05) is 17.0 Å². The highest BCUT2D eigenvalue weighted by Gasteiger charge is 2.25. The van der Waals surface area contributed by atoms with Gasteiger partial charge in [-0.2, -0.15) is 0 Å². The lowest BCUT2D eigenvalue weighted by Crippen LogP contribution is -2.44. The quantitative estimate of drug-likeness (QED) is 0.784. The van der Waals surface area contributed by atoms with Crippen LogP contribution in [0.1, 0.15) is 32.1 Å². The molecule has 21 heavy (non-hydrogen) atoms. The van der Waals surface area contributed by atoms with Crippen molar-refractivity contribution < 1.29 is 14.6 Å². The first-order valence-electron chi connectivity index (χ1n) is 7.60. The van der Waals surface area contributed by atoms with Crippen molar-refractivity contribution in [2.24, 2.45) is 0 Å². The van der Waals surface area contributed by atoms with Crippen molar-refractivity contribution in [2.75, 3.05) is 25.5 Å². The molecule has 2 rings (SSSR count). The number of amides is 1. The molecule has 1 heterocycles. The summed E-state index contributed by atoms with van der Waals surface area (Å²) >= 11 is 0. The Bertz CT molecular complexity index is 463. The first-order chi connectivity index (χ1) is 10.2. The normalized spacial score (nSPS) is 18.5. The second-order valence-corrected chi connectivity index (χ2v) is 5.39. The third kappa shape index (κ3) is 4.36. The fraction of sp³-hybridized carbons (Fsp3) is 0.562. The van der Waals surface area contributed by atoms with Gasteiger partial charge in [-0.25, -0.2) is 0 Å². The molecule has 3 N–H and O–H groups in total. The van der Waals surface area contributed by atoms with Gasteiger partial charge in [0.05, 0.1) is 18.7 Å². The van der Waals surface area contributed by atoms with Crippen molar-refractivity contribution in [3.63, 3.8) is 0 Å². The molecule has 0 saturated carbocycles. The molecular weight excluding hydrogens is 268 g/mol. The zero-order chi connectivity index (χ0) is 15.1. The molecule has 0 aliphatic carbocycles. The molecule has 1 atom stereocenters. The van der Waals surface area contributed by atoms with Crippen molar-refractivity contribution in [1.82, 2.24) is 4.90 Å². The summed E-state index contributed by atoms with van der Waals surface area (Å²) in [5, 5.41) is 9.10. The Morgan fingerprint density at radius 2 is 2.19 bits per heavy atom. The van der Waals surface area contributed by atoms with Crippen LogP contribution in [0.25, 0.3) is 0 Å².